The molecule has 0 aromatic heterocycles. The minimum absolute atomic E-state index is 0.0701. The fourth-order valence-electron chi connectivity index (χ4n) is 4.51. The van der Waals surface area contributed by atoms with E-state index in [1.54, 1.807) is 20.8 Å². The van der Waals surface area contributed by atoms with Gasteiger partial charge in [0.1, 0.15) is 11.6 Å². The van der Waals surface area contributed by atoms with Gasteiger partial charge < -0.3 is 9.47 Å². The second-order valence-corrected chi connectivity index (χ2v) is 10.9. The van der Waals surface area contributed by atoms with Crippen molar-refractivity contribution in [1.82, 2.24) is 4.90 Å². The first-order valence-electron chi connectivity index (χ1n) is 11.5. The van der Waals surface area contributed by atoms with Crippen LogP contribution in [0.5, 0.6) is 0 Å². The average Bonchev–Trinajstić information content (AvgIpc) is 3.31. The number of aldehydes is 1. The molecule has 6 nitrogen and oxygen atoms in total. The molecule has 1 heterocycles. The first kappa shape index (κ1) is 27.1. The van der Waals surface area contributed by atoms with E-state index in [1.807, 2.05) is 0 Å². The summed E-state index contributed by atoms with van der Waals surface area (Å²) in [5.41, 5.74) is -2.99. The Morgan fingerprint density at radius 3 is 2.24 bits per heavy atom. The zero-order valence-electron chi connectivity index (χ0n) is 20.2. The molecule has 0 radical (unpaired) electrons. The molecular weight excluding hydrogens is 562 g/mol. The fourth-order valence-corrected chi connectivity index (χ4v) is 4.87. The van der Waals surface area contributed by atoms with E-state index >= 15 is 8.78 Å². The number of benzene rings is 2. The van der Waals surface area contributed by atoms with Crippen molar-refractivity contribution < 1.29 is 41.4 Å². The van der Waals surface area contributed by atoms with Crippen LogP contribution in [0.4, 0.5) is 22.4 Å². The van der Waals surface area contributed by atoms with Crippen molar-refractivity contribution in [2.24, 2.45) is 0 Å². The number of rotatable bonds is 4. The third kappa shape index (κ3) is 4.85. The van der Waals surface area contributed by atoms with Crippen molar-refractivity contribution in [2.45, 2.75) is 63.2 Å². The number of likely N-dealkylation sites (tertiary alicyclic amines) is 1. The summed E-state index contributed by atoms with van der Waals surface area (Å²) < 4.78 is 70.9. The summed E-state index contributed by atoms with van der Waals surface area (Å²) in [6.45, 7) is 5.24. The number of alkyl halides is 4. The van der Waals surface area contributed by atoms with E-state index in [4.69, 9.17) is 9.47 Å². The second kappa shape index (κ2) is 9.41. The van der Waals surface area contributed by atoms with E-state index < -0.39 is 52.8 Å². The molecule has 1 fully saturated rings. The van der Waals surface area contributed by atoms with Crippen LogP contribution in [0.1, 0.15) is 56.4 Å². The molecule has 0 spiro atoms. The van der Waals surface area contributed by atoms with Crippen LogP contribution in [-0.2, 0) is 30.9 Å². The molecule has 37 heavy (non-hydrogen) atoms. The standard InChI is InChI=1S/C26H24BrF4NO5/c1-24(2,3)37-23(35)32-10-4-5-20(32)22(34)36-21(13-33)14-6-8-16-17-9-7-15(27)12-19(17)26(30,31)25(28,29)18(16)11-14/h6-9,11-13,20-21H,4-5,10H2,1-3H3/t20?,21-/m1/s1. The maximum atomic E-state index is 15.1. The highest BCUT2D eigenvalue weighted by Crippen LogP contribution is 2.58. The molecule has 2 atom stereocenters. The summed E-state index contributed by atoms with van der Waals surface area (Å²) in [4.78, 5) is 38.4. The van der Waals surface area contributed by atoms with E-state index in [2.05, 4.69) is 15.9 Å². The lowest BCUT2D eigenvalue weighted by Gasteiger charge is -2.35. The Morgan fingerprint density at radius 2 is 1.65 bits per heavy atom. The summed E-state index contributed by atoms with van der Waals surface area (Å²) in [5.74, 6) is -10.0. The van der Waals surface area contributed by atoms with Crippen LogP contribution in [0.2, 0.25) is 0 Å². The molecule has 1 aliphatic carbocycles. The number of carbonyl (C=O) groups excluding carboxylic acids is 3. The van der Waals surface area contributed by atoms with Crippen LogP contribution < -0.4 is 0 Å². The highest BCUT2D eigenvalue weighted by atomic mass is 79.9. The average molecular weight is 586 g/mol. The number of amides is 1. The van der Waals surface area contributed by atoms with Crippen LogP contribution in [-0.4, -0.2) is 41.4 Å². The zero-order valence-corrected chi connectivity index (χ0v) is 21.8. The van der Waals surface area contributed by atoms with E-state index in [-0.39, 0.29) is 40.4 Å². The number of nitrogens with zero attached hydrogens (tertiary/aromatic N) is 1. The van der Waals surface area contributed by atoms with Gasteiger partial charge in [0.15, 0.2) is 12.4 Å². The summed E-state index contributed by atoms with van der Waals surface area (Å²) in [5, 5.41) is 0. The normalized spacial score (nSPS) is 20.4. The van der Waals surface area contributed by atoms with Crippen molar-refractivity contribution in [3.8, 4) is 11.1 Å². The van der Waals surface area contributed by atoms with Gasteiger partial charge in [-0.3, -0.25) is 9.69 Å². The largest absolute Gasteiger partial charge is 0.448 e. The molecule has 1 aliphatic heterocycles. The zero-order chi connectivity index (χ0) is 27.3. The lowest BCUT2D eigenvalue weighted by atomic mass is 9.79. The third-order valence-corrected chi connectivity index (χ3v) is 6.73. The summed E-state index contributed by atoms with van der Waals surface area (Å²) in [7, 11) is 0. The molecule has 11 heteroatoms. The number of hydrogen-bond acceptors (Lipinski definition) is 5. The molecule has 1 unspecified atom stereocenters. The summed E-state index contributed by atoms with van der Waals surface area (Å²) >= 11 is 3.04. The quantitative estimate of drug-likeness (QED) is 0.233. The van der Waals surface area contributed by atoms with E-state index in [1.165, 1.54) is 29.2 Å². The van der Waals surface area contributed by atoms with Crippen LogP contribution in [0.15, 0.2) is 40.9 Å². The third-order valence-electron chi connectivity index (χ3n) is 6.23. The van der Waals surface area contributed by atoms with E-state index in [0.717, 1.165) is 12.1 Å². The molecule has 2 aliphatic rings. The topological polar surface area (TPSA) is 72.9 Å². The van der Waals surface area contributed by atoms with E-state index in [9.17, 15) is 23.2 Å². The molecular formula is C26H24BrF4NO5. The van der Waals surface area contributed by atoms with Gasteiger partial charge >= 0.3 is 23.9 Å². The summed E-state index contributed by atoms with van der Waals surface area (Å²) in [6, 6.07) is 5.93. The van der Waals surface area contributed by atoms with Gasteiger partial charge in [-0.05, 0) is 62.9 Å². The van der Waals surface area contributed by atoms with Crippen molar-refractivity contribution in [1.29, 1.82) is 0 Å². The number of fused-ring (bicyclic) bond motifs is 3. The van der Waals surface area contributed by atoms with Crippen LogP contribution >= 0.6 is 15.9 Å². The monoisotopic (exact) mass is 585 g/mol. The number of esters is 1. The highest BCUT2D eigenvalue weighted by molar-refractivity contribution is 9.10. The molecule has 0 bridgehead atoms. The molecule has 198 valence electrons. The van der Waals surface area contributed by atoms with Gasteiger partial charge in [-0.2, -0.15) is 17.6 Å². The maximum Gasteiger partial charge on any atom is 0.411 e. The number of ether oxygens (including phenoxy) is 2. The second-order valence-electron chi connectivity index (χ2n) is 9.97. The van der Waals surface area contributed by atoms with Gasteiger partial charge in [-0.15, -0.1) is 0 Å². The van der Waals surface area contributed by atoms with Gasteiger partial charge in [0, 0.05) is 27.7 Å². The number of halogens is 5. The molecule has 0 saturated carbocycles. The van der Waals surface area contributed by atoms with Crippen molar-refractivity contribution in [2.75, 3.05) is 6.54 Å². The number of hydrogen-bond donors (Lipinski definition) is 0. The molecule has 0 N–H and O–H groups in total. The summed E-state index contributed by atoms with van der Waals surface area (Å²) in [6.07, 6.45) is -1.41. The predicted octanol–water partition coefficient (Wildman–Crippen LogP) is 6.50. The molecule has 1 saturated heterocycles. The predicted molar refractivity (Wildman–Crippen MR) is 128 cm³/mol. The Balaban J connectivity index is 1.63. The molecule has 4 rings (SSSR count). The van der Waals surface area contributed by atoms with Gasteiger partial charge in [-0.25, -0.2) is 9.59 Å². The first-order chi connectivity index (χ1) is 17.2. The Labute approximate surface area is 219 Å². The van der Waals surface area contributed by atoms with Crippen LogP contribution in [0.3, 0.4) is 0 Å². The van der Waals surface area contributed by atoms with Crippen molar-refractivity contribution in [3.05, 3.63) is 57.6 Å². The minimum atomic E-state index is -4.59. The SMILES string of the molecule is CC(C)(C)OC(=O)N1CCCC1C(=O)O[C@H](C=O)c1ccc2c(c1)C(F)(F)C(F)(F)c1cc(Br)ccc1-2. The fraction of sp³-hybridized carbons (Fsp3) is 0.423. The van der Waals surface area contributed by atoms with Crippen molar-refractivity contribution >= 4 is 34.3 Å². The smallest absolute Gasteiger partial charge is 0.411 e. The maximum absolute atomic E-state index is 15.1. The molecule has 2 aromatic rings. The Bertz CT molecular complexity index is 1260. The van der Waals surface area contributed by atoms with Crippen molar-refractivity contribution in [3.63, 3.8) is 0 Å². The Morgan fingerprint density at radius 1 is 1.05 bits per heavy atom. The first-order valence-corrected chi connectivity index (χ1v) is 12.3. The van der Waals surface area contributed by atoms with Crippen LogP contribution in [0, 0.1) is 0 Å². The van der Waals surface area contributed by atoms with E-state index in [0.29, 0.717) is 6.42 Å². The minimum Gasteiger partial charge on any atom is -0.448 e. The highest BCUT2D eigenvalue weighted by Gasteiger charge is 2.62. The van der Waals surface area contributed by atoms with Gasteiger partial charge in [0.2, 0.25) is 0 Å². The van der Waals surface area contributed by atoms with Gasteiger partial charge in [0.05, 0.1) is 0 Å². The number of carbonyl (C=O) groups is 3. The van der Waals surface area contributed by atoms with Gasteiger partial charge in [0.25, 0.3) is 0 Å². The Kier molecular flexibility index (Phi) is 6.89. The molecule has 2 aromatic carbocycles. The Hall–Kier alpha value is -2.95. The molecule has 1 amide bonds. The lowest BCUT2D eigenvalue weighted by molar-refractivity contribution is -0.225. The van der Waals surface area contributed by atoms with Crippen LogP contribution in [0.25, 0.3) is 11.1 Å². The lowest BCUT2D eigenvalue weighted by Crippen LogP contribution is -2.44. The van der Waals surface area contributed by atoms with Gasteiger partial charge in [-0.1, -0.05) is 34.1 Å².